The summed E-state index contributed by atoms with van der Waals surface area (Å²) in [6.45, 7) is 7.70. The summed E-state index contributed by atoms with van der Waals surface area (Å²) in [6.07, 6.45) is 1.48. The van der Waals surface area contributed by atoms with E-state index in [0.717, 1.165) is 16.4 Å². The normalized spacial score (nSPS) is 15.2. The largest absolute Gasteiger partial charge is 0.392 e. The number of aliphatic hydroxyl groups is 1. The summed E-state index contributed by atoms with van der Waals surface area (Å²) in [4.78, 5) is 8.54. The minimum atomic E-state index is -0.342. The lowest BCUT2D eigenvalue weighted by molar-refractivity contribution is 0.196. The molecule has 2 unspecified atom stereocenters. The molecule has 0 spiro atoms. The quantitative estimate of drug-likeness (QED) is 0.614. The number of aromatic nitrogens is 2. The summed E-state index contributed by atoms with van der Waals surface area (Å²) in [7, 11) is 0. The lowest BCUT2D eigenvalue weighted by Gasteiger charge is -2.12. The summed E-state index contributed by atoms with van der Waals surface area (Å²) in [6, 6.07) is 0. The van der Waals surface area contributed by atoms with Crippen molar-refractivity contribution in [3.63, 3.8) is 0 Å². The summed E-state index contributed by atoms with van der Waals surface area (Å²) in [5.41, 5.74) is 2.10. The second-order valence-corrected chi connectivity index (χ2v) is 4.83. The van der Waals surface area contributed by atoms with Gasteiger partial charge in [-0.25, -0.2) is 9.97 Å². The minimum absolute atomic E-state index is 0.122. The maximum Gasteiger partial charge on any atom is 0.188 e. The average molecular weight is 212 g/mol. The highest BCUT2D eigenvalue weighted by atomic mass is 32.2. The van der Waals surface area contributed by atoms with E-state index in [0.29, 0.717) is 0 Å². The Bertz CT molecular complexity index is 315. The first-order valence-corrected chi connectivity index (χ1v) is 5.53. The molecule has 0 radical (unpaired) electrons. The zero-order valence-corrected chi connectivity index (χ0v) is 9.80. The Morgan fingerprint density at radius 2 is 2.00 bits per heavy atom. The Hall–Kier alpha value is -0.610. The molecule has 0 aliphatic heterocycles. The third-order valence-corrected chi connectivity index (χ3v) is 3.35. The molecular weight excluding hydrogens is 196 g/mol. The predicted octanol–water partition coefficient (Wildman–Crippen LogP) is 1.95. The van der Waals surface area contributed by atoms with E-state index in [1.54, 1.807) is 6.92 Å². The molecule has 0 saturated carbocycles. The van der Waals surface area contributed by atoms with Gasteiger partial charge < -0.3 is 5.11 Å². The molecule has 0 aromatic carbocycles. The first-order valence-electron chi connectivity index (χ1n) is 4.65. The maximum atomic E-state index is 9.33. The molecule has 0 aliphatic rings. The summed E-state index contributed by atoms with van der Waals surface area (Å²) >= 11 is 1.50. The van der Waals surface area contributed by atoms with Crippen molar-refractivity contribution in [1.29, 1.82) is 0 Å². The van der Waals surface area contributed by atoms with Crippen LogP contribution < -0.4 is 0 Å². The molecule has 1 N–H and O–H groups in total. The Labute approximate surface area is 89.0 Å². The summed E-state index contributed by atoms with van der Waals surface area (Å²) < 4.78 is 0. The van der Waals surface area contributed by atoms with E-state index in [4.69, 9.17) is 0 Å². The second kappa shape index (κ2) is 4.75. The maximum absolute atomic E-state index is 9.33. The Kier molecular flexibility index (Phi) is 3.89. The molecule has 0 fully saturated rings. The highest BCUT2D eigenvalue weighted by molar-refractivity contribution is 7.99. The van der Waals surface area contributed by atoms with Crippen molar-refractivity contribution in [2.24, 2.45) is 0 Å². The summed E-state index contributed by atoms with van der Waals surface area (Å²) in [5, 5.41) is 10.2. The van der Waals surface area contributed by atoms with Gasteiger partial charge in [0.2, 0.25) is 0 Å². The zero-order valence-electron chi connectivity index (χ0n) is 8.98. The van der Waals surface area contributed by atoms with E-state index in [2.05, 4.69) is 9.97 Å². The van der Waals surface area contributed by atoms with Gasteiger partial charge in [-0.3, -0.25) is 0 Å². The van der Waals surface area contributed by atoms with Crippen molar-refractivity contribution < 1.29 is 5.11 Å². The average Bonchev–Trinajstić information content (AvgIpc) is 2.11. The van der Waals surface area contributed by atoms with Crippen molar-refractivity contribution in [2.45, 2.75) is 44.2 Å². The van der Waals surface area contributed by atoms with Gasteiger partial charge in [-0.05, 0) is 26.3 Å². The standard InChI is InChI=1S/C10H16N2OS/c1-6-5-11-10(12-7(6)2)14-9(4)8(3)13/h5,8-9,13H,1-4H3. The number of thioether (sulfide) groups is 1. The first-order chi connectivity index (χ1) is 6.50. The van der Waals surface area contributed by atoms with Crippen molar-refractivity contribution in [3.05, 3.63) is 17.5 Å². The fraction of sp³-hybridized carbons (Fsp3) is 0.600. The lowest BCUT2D eigenvalue weighted by atomic mass is 10.3. The fourth-order valence-electron chi connectivity index (χ4n) is 0.827. The van der Waals surface area contributed by atoms with Crippen LogP contribution in [0.25, 0.3) is 0 Å². The Balaban J connectivity index is 2.73. The molecule has 4 heteroatoms. The van der Waals surface area contributed by atoms with Crippen LogP contribution >= 0.6 is 11.8 Å². The molecule has 0 saturated heterocycles. The SMILES string of the molecule is Cc1cnc(SC(C)C(C)O)nc1C. The predicted molar refractivity (Wildman–Crippen MR) is 58.5 cm³/mol. The molecule has 1 rings (SSSR count). The number of nitrogens with zero attached hydrogens (tertiary/aromatic N) is 2. The van der Waals surface area contributed by atoms with E-state index >= 15 is 0 Å². The van der Waals surface area contributed by atoms with Crippen LogP contribution in [-0.2, 0) is 0 Å². The topological polar surface area (TPSA) is 46.0 Å². The third kappa shape index (κ3) is 2.96. The van der Waals surface area contributed by atoms with Crippen molar-refractivity contribution in [2.75, 3.05) is 0 Å². The highest BCUT2D eigenvalue weighted by Crippen LogP contribution is 2.21. The van der Waals surface area contributed by atoms with Crippen LogP contribution in [0, 0.1) is 13.8 Å². The van der Waals surface area contributed by atoms with Crippen LogP contribution in [0.3, 0.4) is 0 Å². The van der Waals surface area contributed by atoms with Crippen LogP contribution in [0.5, 0.6) is 0 Å². The Morgan fingerprint density at radius 3 is 2.50 bits per heavy atom. The summed E-state index contributed by atoms with van der Waals surface area (Å²) in [5.74, 6) is 0. The molecule has 3 nitrogen and oxygen atoms in total. The van der Waals surface area contributed by atoms with Crippen molar-refractivity contribution >= 4 is 11.8 Å². The van der Waals surface area contributed by atoms with Gasteiger partial charge in [-0.1, -0.05) is 18.7 Å². The van der Waals surface area contributed by atoms with E-state index < -0.39 is 0 Å². The molecular formula is C10H16N2OS. The molecule has 1 heterocycles. The van der Waals surface area contributed by atoms with Gasteiger partial charge in [0.15, 0.2) is 5.16 Å². The molecule has 0 aliphatic carbocycles. The van der Waals surface area contributed by atoms with Crippen molar-refractivity contribution in [1.82, 2.24) is 9.97 Å². The Morgan fingerprint density at radius 1 is 1.36 bits per heavy atom. The molecule has 0 bridgehead atoms. The second-order valence-electron chi connectivity index (χ2n) is 3.48. The van der Waals surface area contributed by atoms with Gasteiger partial charge in [0.1, 0.15) is 0 Å². The van der Waals surface area contributed by atoms with E-state index in [9.17, 15) is 5.11 Å². The van der Waals surface area contributed by atoms with Crippen LogP contribution in [0.4, 0.5) is 0 Å². The number of aliphatic hydroxyl groups excluding tert-OH is 1. The van der Waals surface area contributed by atoms with Gasteiger partial charge in [0.25, 0.3) is 0 Å². The van der Waals surface area contributed by atoms with E-state index in [1.807, 2.05) is 27.0 Å². The molecule has 1 aromatic rings. The van der Waals surface area contributed by atoms with Gasteiger partial charge in [0.05, 0.1) is 6.10 Å². The molecule has 1 aromatic heterocycles. The van der Waals surface area contributed by atoms with Crippen LogP contribution in [0.1, 0.15) is 25.1 Å². The van der Waals surface area contributed by atoms with Crippen LogP contribution in [-0.4, -0.2) is 26.4 Å². The molecule has 78 valence electrons. The van der Waals surface area contributed by atoms with E-state index in [1.165, 1.54) is 11.8 Å². The number of rotatable bonds is 3. The molecule has 0 amide bonds. The van der Waals surface area contributed by atoms with E-state index in [-0.39, 0.29) is 11.4 Å². The number of hydrogen-bond acceptors (Lipinski definition) is 4. The van der Waals surface area contributed by atoms with Crippen LogP contribution in [0.15, 0.2) is 11.4 Å². The van der Waals surface area contributed by atoms with Gasteiger partial charge in [-0.2, -0.15) is 0 Å². The molecule has 14 heavy (non-hydrogen) atoms. The van der Waals surface area contributed by atoms with Crippen LogP contribution in [0.2, 0.25) is 0 Å². The first kappa shape index (κ1) is 11.5. The zero-order chi connectivity index (χ0) is 10.7. The third-order valence-electron chi connectivity index (χ3n) is 2.17. The highest BCUT2D eigenvalue weighted by Gasteiger charge is 2.12. The fourth-order valence-corrected chi connectivity index (χ4v) is 1.66. The molecule has 2 atom stereocenters. The monoisotopic (exact) mass is 212 g/mol. The van der Waals surface area contributed by atoms with Gasteiger partial charge in [-0.15, -0.1) is 0 Å². The van der Waals surface area contributed by atoms with Gasteiger partial charge >= 0.3 is 0 Å². The number of hydrogen-bond donors (Lipinski definition) is 1. The minimum Gasteiger partial charge on any atom is -0.392 e. The van der Waals surface area contributed by atoms with Gasteiger partial charge in [0, 0.05) is 17.1 Å². The number of aryl methyl sites for hydroxylation is 2. The smallest absolute Gasteiger partial charge is 0.188 e. The lowest BCUT2D eigenvalue weighted by Crippen LogP contribution is -2.15. The van der Waals surface area contributed by atoms with Crippen molar-refractivity contribution in [3.8, 4) is 0 Å².